The Labute approximate surface area is 125 Å². The van der Waals surface area contributed by atoms with E-state index < -0.39 is 0 Å². The van der Waals surface area contributed by atoms with Gasteiger partial charge >= 0.3 is 0 Å². The number of carbonyl (C=O) groups excluding carboxylic acids is 1. The quantitative estimate of drug-likeness (QED) is 0.383. The molecule has 0 fully saturated rings. The fourth-order valence-electron chi connectivity index (χ4n) is 1.35. The number of hydrogen-bond donors (Lipinski definition) is 3. The first kappa shape index (κ1) is 15.6. The highest BCUT2D eigenvalue weighted by atomic mass is 127. The Morgan fingerprint density at radius 1 is 1.39 bits per heavy atom. The third-order valence-electron chi connectivity index (χ3n) is 2.16. The zero-order valence-electron chi connectivity index (χ0n) is 9.99. The summed E-state index contributed by atoms with van der Waals surface area (Å²) in [4.78, 5) is 11.8. The minimum atomic E-state index is -0.0945. The SMILES string of the molecule is Nc1cc(I)cc(C(=O)NCCSCCCO)c1. The minimum absolute atomic E-state index is 0.0945. The summed E-state index contributed by atoms with van der Waals surface area (Å²) in [6.07, 6.45) is 0.798. The highest BCUT2D eigenvalue weighted by molar-refractivity contribution is 14.1. The molecule has 0 aromatic heterocycles. The molecule has 0 bridgehead atoms. The first-order valence-electron chi connectivity index (χ1n) is 5.66. The number of aliphatic hydroxyl groups excluding tert-OH is 1. The van der Waals surface area contributed by atoms with Crippen molar-refractivity contribution in [2.75, 3.05) is 30.4 Å². The van der Waals surface area contributed by atoms with E-state index in [4.69, 9.17) is 10.8 Å². The number of nitrogens with two attached hydrogens (primary N) is 1. The zero-order chi connectivity index (χ0) is 13.4. The zero-order valence-corrected chi connectivity index (χ0v) is 13.0. The Morgan fingerprint density at radius 2 is 2.17 bits per heavy atom. The van der Waals surface area contributed by atoms with Crippen LogP contribution < -0.4 is 11.1 Å². The number of amides is 1. The van der Waals surface area contributed by atoms with Gasteiger partial charge in [-0.05, 0) is 53.0 Å². The molecule has 0 aliphatic rings. The molecule has 18 heavy (non-hydrogen) atoms. The number of hydrogen-bond acceptors (Lipinski definition) is 4. The number of thioether (sulfide) groups is 1. The van der Waals surface area contributed by atoms with Crippen LogP contribution in [0.4, 0.5) is 5.69 Å². The molecule has 0 spiro atoms. The Balaban J connectivity index is 2.32. The summed E-state index contributed by atoms with van der Waals surface area (Å²) in [5.74, 6) is 1.68. The van der Waals surface area contributed by atoms with Gasteiger partial charge in [-0.1, -0.05) is 0 Å². The first-order valence-corrected chi connectivity index (χ1v) is 7.89. The number of benzene rings is 1. The van der Waals surface area contributed by atoms with E-state index >= 15 is 0 Å². The van der Waals surface area contributed by atoms with E-state index in [1.165, 1.54) is 0 Å². The lowest BCUT2D eigenvalue weighted by Crippen LogP contribution is -2.26. The van der Waals surface area contributed by atoms with Gasteiger partial charge in [-0.25, -0.2) is 0 Å². The summed E-state index contributed by atoms with van der Waals surface area (Å²) in [5, 5.41) is 11.5. The number of halogens is 1. The summed E-state index contributed by atoms with van der Waals surface area (Å²) < 4.78 is 0.954. The number of aliphatic hydroxyl groups is 1. The van der Waals surface area contributed by atoms with Crippen molar-refractivity contribution in [1.29, 1.82) is 0 Å². The lowest BCUT2D eigenvalue weighted by molar-refractivity contribution is 0.0956. The molecule has 0 saturated heterocycles. The van der Waals surface area contributed by atoms with Crippen molar-refractivity contribution in [2.45, 2.75) is 6.42 Å². The average molecular weight is 380 g/mol. The van der Waals surface area contributed by atoms with Gasteiger partial charge < -0.3 is 16.2 Å². The van der Waals surface area contributed by atoms with E-state index in [2.05, 4.69) is 27.9 Å². The van der Waals surface area contributed by atoms with Crippen LogP contribution in [0, 0.1) is 3.57 Å². The van der Waals surface area contributed by atoms with E-state index in [1.807, 2.05) is 12.1 Å². The van der Waals surface area contributed by atoms with Crippen LogP contribution >= 0.6 is 34.4 Å². The highest BCUT2D eigenvalue weighted by Crippen LogP contribution is 2.13. The van der Waals surface area contributed by atoms with E-state index in [-0.39, 0.29) is 12.5 Å². The summed E-state index contributed by atoms with van der Waals surface area (Å²) in [5.41, 5.74) is 6.89. The monoisotopic (exact) mass is 380 g/mol. The first-order chi connectivity index (χ1) is 8.63. The molecule has 6 heteroatoms. The number of anilines is 1. The summed E-state index contributed by atoms with van der Waals surface area (Å²) in [6.45, 7) is 0.849. The van der Waals surface area contributed by atoms with Crippen molar-refractivity contribution >= 4 is 45.9 Å². The maximum atomic E-state index is 11.8. The van der Waals surface area contributed by atoms with Crippen LogP contribution in [0.1, 0.15) is 16.8 Å². The molecule has 4 N–H and O–H groups in total. The maximum Gasteiger partial charge on any atom is 0.251 e. The number of carbonyl (C=O) groups is 1. The van der Waals surface area contributed by atoms with Gasteiger partial charge in [0.2, 0.25) is 0 Å². The highest BCUT2D eigenvalue weighted by Gasteiger charge is 2.06. The van der Waals surface area contributed by atoms with E-state index in [9.17, 15) is 4.79 Å². The van der Waals surface area contributed by atoms with E-state index in [0.717, 1.165) is 21.5 Å². The third kappa shape index (κ3) is 5.92. The van der Waals surface area contributed by atoms with Gasteiger partial charge in [0.05, 0.1) is 0 Å². The van der Waals surface area contributed by atoms with Crippen LogP contribution in [0.2, 0.25) is 0 Å². The smallest absolute Gasteiger partial charge is 0.251 e. The molecule has 0 unspecified atom stereocenters. The minimum Gasteiger partial charge on any atom is -0.399 e. The van der Waals surface area contributed by atoms with Gasteiger partial charge in [0, 0.05) is 33.7 Å². The summed E-state index contributed by atoms with van der Waals surface area (Å²) in [7, 11) is 0. The average Bonchev–Trinajstić information content (AvgIpc) is 2.32. The summed E-state index contributed by atoms with van der Waals surface area (Å²) >= 11 is 3.86. The second-order valence-corrected chi connectivity index (χ2v) is 6.19. The molecule has 0 heterocycles. The molecular formula is C12H17IN2O2S. The van der Waals surface area contributed by atoms with Crippen LogP contribution in [0.5, 0.6) is 0 Å². The molecule has 0 aliphatic carbocycles. The second-order valence-electron chi connectivity index (χ2n) is 3.72. The van der Waals surface area contributed by atoms with Gasteiger partial charge in [0.15, 0.2) is 0 Å². The Kier molecular flexibility index (Phi) is 7.45. The Hall–Kier alpha value is -0.470. The Bertz CT molecular complexity index is 381. The molecule has 1 aromatic carbocycles. The topological polar surface area (TPSA) is 75.4 Å². The van der Waals surface area contributed by atoms with Gasteiger partial charge in [-0.2, -0.15) is 11.8 Å². The Morgan fingerprint density at radius 3 is 2.83 bits per heavy atom. The predicted octanol–water partition coefficient (Wildman–Crippen LogP) is 1.72. The van der Waals surface area contributed by atoms with Gasteiger partial charge in [-0.15, -0.1) is 0 Å². The van der Waals surface area contributed by atoms with Gasteiger partial charge in [-0.3, -0.25) is 4.79 Å². The molecule has 0 aliphatic heterocycles. The lowest BCUT2D eigenvalue weighted by Gasteiger charge is -2.06. The molecule has 0 atom stereocenters. The lowest BCUT2D eigenvalue weighted by atomic mass is 10.2. The van der Waals surface area contributed by atoms with Crippen LogP contribution in [0.3, 0.4) is 0 Å². The predicted molar refractivity (Wildman–Crippen MR) is 84.9 cm³/mol. The molecule has 0 radical (unpaired) electrons. The molecule has 1 amide bonds. The molecule has 1 rings (SSSR count). The van der Waals surface area contributed by atoms with Gasteiger partial charge in [0.25, 0.3) is 5.91 Å². The largest absolute Gasteiger partial charge is 0.399 e. The van der Waals surface area contributed by atoms with Crippen LogP contribution in [0.25, 0.3) is 0 Å². The molecular weight excluding hydrogens is 363 g/mol. The van der Waals surface area contributed by atoms with E-state index in [1.54, 1.807) is 17.8 Å². The standard InChI is InChI=1S/C12H17IN2O2S/c13-10-6-9(7-11(14)8-10)12(17)15-2-5-18-4-1-3-16/h6-8,16H,1-5,14H2,(H,15,17). The van der Waals surface area contributed by atoms with Crippen LogP contribution in [-0.2, 0) is 0 Å². The molecule has 1 aromatic rings. The van der Waals surface area contributed by atoms with Gasteiger partial charge in [0.1, 0.15) is 0 Å². The van der Waals surface area contributed by atoms with Crippen LogP contribution in [-0.4, -0.2) is 35.7 Å². The summed E-state index contributed by atoms with van der Waals surface area (Å²) in [6, 6.07) is 5.31. The normalized spacial score (nSPS) is 10.3. The van der Waals surface area contributed by atoms with E-state index in [0.29, 0.717) is 17.8 Å². The number of nitrogens with one attached hydrogen (secondary N) is 1. The second kappa shape index (κ2) is 8.60. The van der Waals surface area contributed by atoms with Crippen molar-refractivity contribution in [1.82, 2.24) is 5.32 Å². The van der Waals surface area contributed by atoms with Crippen molar-refractivity contribution in [3.05, 3.63) is 27.3 Å². The van der Waals surface area contributed by atoms with Crippen molar-refractivity contribution < 1.29 is 9.90 Å². The third-order valence-corrected chi connectivity index (χ3v) is 3.85. The van der Waals surface area contributed by atoms with Crippen molar-refractivity contribution in [3.63, 3.8) is 0 Å². The molecule has 0 saturated carbocycles. The van der Waals surface area contributed by atoms with Crippen LogP contribution in [0.15, 0.2) is 18.2 Å². The molecule has 4 nitrogen and oxygen atoms in total. The van der Waals surface area contributed by atoms with Crippen molar-refractivity contribution in [3.8, 4) is 0 Å². The fourth-order valence-corrected chi connectivity index (χ4v) is 2.83. The molecule has 100 valence electrons. The number of nitrogen functional groups attached to an aromatic ring is 1. The van der Waals surface area contributed by atoms with Crippen molar-refractivity contribution in [2.24, 2.45) is 0 Å². The fraction of sp³-hybridized carbons (Fsp3) is 0.417. The maximum absolute atomic E-state index is 11.8. The number of rotatable bonds is 7.